The zero-order valence-corrected chi connectivity index (χ0v) is 18.9. The molecule has 0 N–H and O–H groups in total. The van der Waals surface area contributed by atoms with Crippen LogP contribution < -0.4 is 9.47 Å². The highest BCUT2D eigenvalue weighted by molar-refractivity contribution is 14.1. The molecule has 0 saturated heterocycles. The van der Waals surface area contributed by atoms with Crippen molar-refractivity contribution in [2.45, 2.75) is 13.3 Å². The number of nitro groups is 1. The molecule has 0 bridgehead atoms. The van der Waals surface area contributed by atoms with Crippen LogP contribution in [-0.4, -0.2) is 30.5 Å². The van der Waals surface area contributed by atoms with Crippen molar-refractivity contribution in [1.82, 2.24) is 0 Å². The number of ether oxygens (including phenoxy) is 3. The first-order chi connectivity index (χ1) is 14.3. The molecule has 1 heterocycles. The Morgan fingerprint density at radius 2 is 2.10 bits per heavy atom. The van der Waals surface area contributed by atoms with E-state index in [9.17, 15) is 14.9 Å². The van der Waals surface area contributed by atoms with Crippen LogP contribution in [0.25, 0.3) is 6.08 Å². The first kappa shape index (κ1) is 22.0. The van der Waals surface area contributed by atoms with Crippen LogP contribution in [0.3, 0.4) is 0 Å². The van der Waals surface area contributed by atoms with E-state index in [2.05, 4.69) is 27.6 Å². The summed E-state index contributed by atoms with van der Waals surface area (Å²) in [6.07, 6.45) is 2.41. The van der Waals surface area contributed by atoms with E-state index in [1.54, 1.807) is 12.1 Å². The predicted octanol–water partition coefficient (Wildman–Crippen LogP) is 4.99. The fraction of sp³-hybridized carbons (Fsp3) is 0.200. The second kappa shape index (κ2) is 9.43. The number of methoxy groups -OCH3 is 1. The van der Waals surface area contributed by atoms with Gasteiger partial charge in [0.25, 0.3) is 5.69 Å². The summed E-state index contributed by atoms with van der Waals surface area (Å²) in [6, 6.07) is 7.62. The lowest BCUT2D eigenvalue weighted by Crippen LogP contribution is -2.06. The fourth-order valence-corrected chi connectivity index (χ4v) is 3.61. The van der Waals surface area contributed by atoms with Crippen LogP contribution in [0, 0.1) is 13.7 Å². The maximum Gasteiger partial charge on any atom is 0.363 e. The topological polar surface area (TPSA) is 100 Å². The van der Waals surface area contributed by atoms with E-state index in [-0.39, 0.29) is 27.9 Å². The van der Waals surface area contributed by atoms with E-state index in [0.29, 0.717) is 23.7 Å². The molecular formula is C20H16ClIN2O6. The number of carbonyl (C=O) groups excluding carboxylic acids is 1. The monoisotopic (exact) mass is 542 g/mol. The molecular weight excluding hydrogens is 527 g/mol. The summed E-state index contributed by atoms with van der Waals surface area (Å²) in [5.41, 5.74) is 0.701. The zero-order chi connectivity index (χ0) is 21.8. The minimum Gasteiger partial charge on any atom is -0.493 e. The molecule has 30 heavy (non-hydrogen) atoms. The number of cyclic esters (lactones) is 1. The van der Waals surface area contributed by atoms with Crippen LogP contribution in [-0.2, 0) is 9.53 Å². The number of hydrogen-bond donors (Lipinski definition) is 0. The molecule has 1 aliphatic rings. The Morgan fingerprint density at radius 1 is 1.33 bits per heavy atom. The van der Waals surface area contributed by atoms with Crippen molar-refractivity contribution >= 4 is 57.8 Å². The van der Waals surface area contributed by atoms with Crippen molar-refractivity contribution in [3.63, 3.8) is 0 Å². The third-order valence-electron chi connectivity index (χ3n) is 4.02. The number of benzene rings is 2. The lowest BCUT2D eigenvalue weighted by Gasteiger charge is -2.13. The predicted molar refractivity (Wildman–Crippen MR) is 120 cm³/mol. The van der Waals surface area contributed by atoms with E-state index in [1.165, 1.54) is 25.3 Å². The molecule has 3 rings (SSSR count). The molecule has 0 amide bonds. The molecule has 2 aromatic rings. The molecule has 156 valence electrons. The van der Waals surface area contributed by atoms with Gasteiger partial charge in [0.2, 0.25) is 5.90 Å². The number of rotatable bonds is 7. The number of halogens is 2. The minimum atomic E-state index is -0.664. The Kier molecular flexibility index (Phi) is 6.93. The summed E-state index contributed by atoms with van der Waals surface area (Å²) in [5.74, 6) is 0.471. The van der Waals surface area contributed by atoms with Crippen LogP contribution in [0.5, 0.6) is 11.5 Å². The van der Waals surface area contributed by atoms with Gasteiger partial charge in [0.1, 0.15) is 5.02 Å². The first-order valence-electron chi connectivity index (χ1n) is 8.81. The number of hydrogen-bond acceptors (Lipinski definition) is 7. The van der Waals surface area contributed by atoms with Crippen molar-refractivity contribution in [2.24, 2.45) is 4.99 Å². The normalized spacial score (nSPS) is 14.5. The van der Waals surface area contributed by atoms with Crippen molar-refractivity contribution in [3.8, 4) is 11.5 Å². The molecule has 2 aromatic carbocycles. The Bertz CT molecular complexity index is 1080. The second-order valence-electron chi connectivity index (χ2n) is 6.14. The zero-order valence-electron chi connectivity index (χ0n) is 16.0. The van der Waals surface area contributed by atoms with E-state index in [1.807, 2.05) is 13.0 Å². The highest BCUT2D eigenvalue weighted by atomic mass is 127. The molecule has 0 aliphatic carbocycles. The number of esters is 1. The van der Waals surface area contributed by atoms with Crippen molar-refractivity contribution in [1.29, 1.82) is 0 Å². The number of aliphatic imine (C=N–C) groups is 1. The maximum absolute atomic E-state index is 12.3. The highest BCUT2D eigenvalue weighted by Crippen LogP contribution is 2.35. The smallest absolute Gasteiger partial charge is 0.363 e. The maximum atomic E-state index is 12.3. The SMILES string of the molecule is CCCOc1c(I)cc(C=C2N=C(c3ccc(Cl)c([N+](=O)[O-])c3)OC2=O)cc1OC. The van der Waals surface area contributed by atoms with Gasteiger partial charge in [-0.2, -0.15) is 0 Å². The number of carbonyl (C=O) groups is 1. The van der Waals surface area contributed by atoms with Gasteiger partial charge in [-0.15, -0.1) is 0 Å². The van der Waals surface area contributed by atoms with E-state index < -0.39 is 10.9 Å². The lowest BCUT2D eigenvalue weighted by molar-refractivity contribution is -0.384. The fourth-order valence-electron chi connectivity index (χ4n) is 2.64. The summed E-state index contributed by atoms with van der Waals surface area (Å²) in [4.78, 5) is 26.9. The van der Waals surface area contributed by atoms with Crippen LogP contribution >= 0.6 is 34.2 Å². The van der Waals surface area contributed by atoms with Crippen molar-refractivity contribution in [2.75, 3.05) is 13.7 Å². The molecule has 0 saturated carbocycles. The largest absolute Gasteiger partial charge is 0.493 e. The number of nitro benzene ring substituents is 1. The molecule has 1 aliphatic heterocycles. The summed E-state index contributed by atoms with van der Waals surface area (Å²) < 4.78 is 17.1. The van der Waals surface area contributed by atoms with Crippen molar-refractivity contribution < 1.29 is 23.9 Å². The molecule has 0 aromatic heterocycles. The van der Waals surface area contributed by atoms with Gasteiger partial charge in [-0.3, -0.25) is 10.1 Å². The summed E-state index contributed by atoms with van der Waals surface area (Å²) in [5, 5.41) is 11.1. The van der Waals surface area contributed by atoms with Gasteiger partial charge in [0.05, 0.1) is 22.2 Å². The van der Waals surface area contributed by atoms with Gasteiger partial charge in [-0.05, 0) is 64.9 Å². The molecule has 8 nitrogen and oxygen atoms in total. The summed E-state index contributed by atoms with van der Waals surface area (Å²) in [7, 11) is 1.54. The van der Waals surface area contributed by atoms with E-state index >= 15 is 0 Å². The van der Waals surface area contributed by atoms with Gasteiger partial charge in [0.15, 0.2) is 17.2 Å². The standard InChI is InChI=1S/C20H16ClIN2O6/c1-3-6-29-18-14(22)7-11(9-17(18)28-2)8-15-20(25)30-19(23-15)12-4-5-13(21)16(10-12)24(26)27/h4-5,7-10H,3,6H2,1-2H3. The van der Waals surface area contributed by atoms with Gasteiger partial charge in [-0.25, -0.2) is 9.79 Å². The summed E-state index contributed by atoms with van der Waals surface area (Å²) >= 11 is 7.96. The molecule has 0 fully saturated rings. The van der Waals surface area contributed by atoms with Gasteiger partial charge >= 0.3 is 5.97 Å². The van der Waals surface area contributed by atoms with Gasteiger partial charge in [-0.1, -0.05) is 18.5 Å². The summed E-state index contributed by atoms with van der Waals surface area (Å²) in [6.45, 7) is 2.56. The van der Waals surface area contributed by atoms with Gasteiger partial charge in [0, 0.05) is 11.6 Å². The Labute approximate surface area is 190 Å². The minimum absolute atomic E-state index is 0.0171. The molecule has 0 atom stereocenters. The second-order valence-corrected chi connectivity index (χ2v) is 7.71. The third-order valence-corrected chi connectivity index (χ3v) is 5.14. The highest BCUT2D eigenvalue weighted by Gasteiger charge is 2.26. The number of nitrogens with zero attached hydrogens (tertiary/aromatic N) is 2. The average Bonchev–Trinajstić information content (AvgIpc) is 3.07. The Hall–Kier alpha value is -2.66. The quantitative estimate of drug-likeness (QED) is 0.161. The first-order valence-corrected chi connectivity index (χ1v) is 10.3. The molecule has 0 spiro atoms. The van der Waals surface area contributed by atoms with E-state index in [4.69, 9.17) is 25.8 Å². The molecule has 0 radical (unpaired) electrons. The van der Waals surface area contributed by atoms with Crippen molar-refractivity contribution in [3.05, 3.63) is 65.9 Å². The molecule has 0 unspecified atom stereocenters. The Balaban J connectivity index is 1.96. The Morgan fingerprint density at radius 3 is 2.77 bits per heavy atom. The lowest BCUT2D eigenvalue weighted by atomic mass is 10.1. The van der Waals surface area contributed by atoms with E-state index in [0.717, 1.165) is 9.99 Å². The van der Waals surface area contributed by atoms with Crippen LogP contribution in [0.15, 0.2) is 41.0 Å². The third kappa shape index (κ3) is 4.73. The van der Waals surface area contributed by atoms with Crippen LogP contribution in [0.1, 0.15) is 24.5 Å². The molecule has 10 heteroatoms. The van der Waals surface area contributed by atoms with Crippen LogP contribution in [0.4, 0.5) is 5.69 Å². The van der Waals surface area contributed by atoms with Crippen LogP contribution in [0.2, 0.25) is 5.02 Å². The average molecular weight is 543 g/mol. The van der Waals surface area contributed by atoms with Gasteiger partial charge < -0.3 is 14.2 Å².